The number of nitrogens with zero attached hydrogens (tertiary/aromatic N) is 4. The van der Waals surface area contributed by atoms with Crippen molar-refractivity contribution in [2.75, 3.05) is 37.3 Å². The van der Waals surface area contributed by atoms with E-state index in [4.69, 9.17) is 0 Å². The van der Waals surface area contributed by atoms with Gasteiger partial charge in [0, 0.05) is 54.0 Å². The van der Waals surface area contributed by atoms with Crippen LogP contribution >= 0.6 is 21.8 Å². The smallest absolute Gasteiger partial charge is 0.254 e. The Morgan fingerprint density at radius 2 is 2.03 bits per heavy atom. The minimum absolute atomic E-state index is 0.0634. The molecule has 8 nitrogen and oxygen atoms in total. The number of hydrogen-bond donors (Lipinski definition) is 3. The largest absolute Gasteiger partial charge is 0.352 e. The molecule has 1 saturated heterocycles. The van der Waals surface area contributed by atoms with Gasteiger partial charge < -0.3 is 19.3 Å². The molecule has 188 valence electrons. The molecule has 6 rings (SSSR count). The Balaban J connectivity index is 1.12. The van der Waals surface area contributed by atoms with Crippen LogP contribution in [0, 0.1) is 0 Å². The molecule has 1 aromatic carbocycles. The zero-order valence-corrected chi connectivity index (χ0v) is 21.8. The molecule has 1 unspecified atom stereocenters. The fourth-order valence-corrected chi connectivity index (χ4v) is 7.13. The lowest BCUT2D eigenvalue weighted by atomic mass is 10.1. The number of carbonyl (C=O) groups excluding carboxylic acids is 1. The number of H-pyrrole nitrogens is 1. The van der Waals surface area contributed by atoms with Crippen LogP contribution in [0.4, 0.5) is 5.82 Å². The van der Waals surface area contributed by atoms with Crippen molar-refractivity contribution in [2.45, 2.75) is 29.7 Å². The van der Waals surface area contributed by atoms with Gasteiger partial charge in [-0.1, -0.05) is 16.6 Å². The van der Waals surface area contributed by atoms with Crippen molar-refractivity contribution in [3.8, 4) is 0 Å². The maximum atomic E-state index is 13.5. The highest BCUT2D eigenvalue weighted by Crippen LogP contribution is 2.47. The maximum absolute atomic E-state index is 13.5. The van der Waals surface area contributed by atoms with Gasteiger partial charge >= 0.3 is 0 Å². The first-order valence-corrected chi connectivity index (χ1v) is 15.1. The second-order valence-electron chi connectivity index (χ2n) is 9.66. The highest BCUT2D eigenvalue weighted by atomic mass is 32.3. The number of nitrogens with one attached hydrogen (secondary N) is 2. The van der Waals surface area contributed by atoms with Crippen molar-refractivity contribution >= 4 is 44.6 Å². The van der Waals surface area contributed by atoms with E-state index >= 15 is 0 Å². The van der Waals surface area contributed by atoms with E-state index in [9.17, 15) is 9.35 Å². The van der Waals surface area contributed by atoms with E-state index in [1.54, 1.807) is 17.7 Å². The summed E-state index contributed by atoms with van der Waals surface area (Å²) in [5.41, 5.74) is 1.37. The molecular weight excluding hydrogens is 492 g/mol. The number of anilines is 1. The minimum atomic E-state index is -2.13. The highest BCUT2D eigenvalue weighted by Gasteiger charge is 2.53. The summed E-state index contributed by atoms with van der Waals surface area (Å²) in [6, 6.07) is 13.7. The zero-order valence-electron chi connectivity index (χ0n) is 20.2. The molecule has 2 fully saturated rings. The highest BCUT2D eigenvalue weighted by molar-refractivity contribution is 8.27. The quantitative estimate of drug-likeness (QED) is 0.330. The normalized spacial score (nSPS) is 19.4. The molecule has 1 spiro atoms. The van der Waals surface area contributed by atoms with Gasteiger partial charge in [0.05, 0.1) is 10.9 Å². The molecular formula is C26H30N6O2S2. The van der Waals surface area contributed by atoms with E-state index in [0.29, 0.717) is 18.7 Å². The number of piperazine rings is 1. The Bertz CT molecular complexity index is 1360. The lowest BCUT2D eigenvalue weighted by molar-refractivity contribution is 0.0624. The molecule has 3 N–H and O–H groups in total. The predicted octanol–water partition coefficient (Wildman–Crippen LogP) is 4.53. The van der Waals surface area contributed by atoms with Crippen molar-refractivity contribution in [2.24, 2.45) is 0 Å². The number of rotatable bonds is 7. The van der Waals surface area contributed by atoms with Crippen LogP contribution in [0.25, 0.3) is 11.0 Å². The van der Waals surface area contributed by atoms with E-state index < -0.39 is 10.5 Å². The van der Waals surface area contributed by atoms with Crippen molar-refractivity contribution in [1.29, 1.82) is 0 Å². The van der Waals surface area contributed by atoms with E-state index in [2.05, 4.69) is 40.9 Å². The molecule has 36 heavy (non-hydrogen) atoms. The van der Waals surface area contributed by atoms with E-state index in [-0.39, 0.29) is 11.4 Å². The number of aromatic nitrogens is 3. The van der Waals surface area contributed by atoms with Crippen LogP contribution in [0.1, 0.15) is 28.1 Å². The van der Waals surface area contributed by atoms with Gasteiger partial charge in [0.15, 0.2) is 0 Å². The summed E-state index contributed by atoms with van der Waals surface area (Å²) < 4.78 is 14.4. The van der Waals surface area contributed by atoms with Crippen LogP contribution in [0.2, 0.25) is 0 Å². The molecule has 0 radical (unpaired) electrons. The third-order valence-electron chi connectivity index (χ3n) is 7.25. The first kappa shape index (κ1) is 23.5. The summed E-state index contributed by atoms with van der Waals surface area (Å²) in [4.78, 5) is 32.0. The van der Waals surface area contributed by atoms with E-state index in [1.807, 2.05) is 48.9 Å². The molecule has 10 heteroatoms. The maximum Gasteiger partial charge on any atom is 0.254 e. The van der Waals surface area contributed by atoms with Gasteiger partial charge in [0.25, 0.3) is 5.91 Å². The van der Waals surface area contributed by atoms with Crippen LogP contribution < -0.4 is 9.62 Å². The molecule has 0 bridgehead atoms. The predicted molar refractivity (Wildman–Crippen MR) is 146 cm³/mol. The molecule has 4 aromatic rings. The third kappa shape index (κ3) is 4.39. The van der Waals surface area contributed by atoms with Crippen LogP contribution in [-0.2, 0) is 6.42 Å². The van der Waals surface area contributed by atoms with Crippen LogP contribution in [0.5, 0.6) is 0 Å². The van der Waals surface area contributed by atoms with Crippen LogP contribution in [-0.4, -0.2) is 68.3 Å². The number of aromatic amines is 1. The molecule has 1 aliphatic carbocycles. The van der Waals surface area contributed by atoms with E-state index in [1.165, 1.54) is 4.88 Å². The first-order chi connectivity index (χ1) is 17.5. The molecule has 1 atom stereocenters. The summed E-state index contributed by atoms with van der Waals surface area (Å²) >= 11 is 1.73. The number of hydrogen-bond acceptors (Lipinski definition) is 7. The second kappa shape index (κ2) is 9.19. The Morgan fingerprint density at radius 3 is 2.78 bits per heavy atom. The van der Waals surface area contributed by atoms with Gasteiger partial charge in [-0.15, -0.1) is 11.3 Å². The Hall–Kier alpha value is -2.92. The monoisotopic (exact) mass is 522 g/mol. The van der Waals surface area contributed by atoms with Gasteiger partial charge in [-0.05, 0) is 61.0 Å². The number of benzene rings is 1. The van der Waals surface area contributed by atoms with Crippen LogP contribution in [0.3, 0.4) is 0 Å². The van der Waals surface area contributed by atoms with Crippen molar-refractivity contribution in [3.63, 3.8) is 0 Å². The van der Waals surface area contributed by atoms with Crippen molar-refractivity contribution in [3.05, 3.63) is 70.8 Å². The van der Waals surface area contributed by atoms with Gasteiger partial charge in [0.2, 0.25) is 0 Å². The molecule has 3 aromatic heterocycles. The Kier molecular flexibility index (Phi) is 5.99. The minimum Gasteiger partial charge on any atom is -0.352 e. The summed E-state index contributed by atoms with van der Waals surface area (Å²) in [6.45, 7) is 2.87. The SMILES string of the molecule is CS(O)(NCCc1cccs1)c1ccc(C(=O)N2CCN(c3ncnc4[nH]ccc34)CC23CC3)cc1. The lowest BCUT2D eigenvalue weighted by Crippen LogP contribution is -2.57. The molecule has 1 amide bonds. The van der Waals surface area contributed by atoms with Gasteiger partial charge in [-0.2, -0.15) is 0 Å². The van der Waals surface area contributed by atoms with Gasteiger partial charge in [0.1, 0.15) is 17.8 Å². The average molecular weight is 523 g/mol. The fraction of sp³-hybridized carbons (Fsp3) is 0.346. The number of carbonyl (C=O) groups is 1. The second-order valence-corrected chi connectivity index (χ2v) is 13.2. The van der Waals surface area contributed by atoms with Gasteiger partial charge in [-0.25, -0.2) is 9.97 Å². The Labute approximate surface area is 216 Å². The summed E-state index contributed by atoms with van der Waals surface area (Å²) in [7, 11) is -2.13. The lowest BCUT2D eigenvalue weighted by Gasteiger charge is -2.43. The first-order valence-electron chi connectivity index (χ1n) is 12.2. The molecule has 1 aliphatic heterocycles. The number of amides is 1. The average Bonchev–Trinajstić information content (AvgIpc) is 3.27. The third-order valence-corrected chi connectivity index (χ3v) is 10.1. The zero-order chi connectivity index (χ0) is 24.8. The summed E-state index contributed by atoms with van der Waals surface area (Å²) in [5, 5.41) is 3.08. The fourth-order valence-electron chi connectivity index (χ4n) is 5.09. The Morgan fingerprint density at radius 1 is 1.19 bits per heavy atom. The summed E-state index contributed by atoms with van der Waals surface area (Å²) in [5.74, 6) is 0.995. The molecule has 1 saturated carbocycles. The molecule has 2 aliphatic rings. The van der Waals surface area contributed by atoms with E-state index in [0.717, 1.165) is 54.1 Å². The summed E-state index contributed by atoms with van der Waals surface area (Å²) in [6.07, 6.45) is 8.21. The van der Waals surface area contributed by atoms with Crippen molar-refractivity contribution < 1.29 is 9.35 Å². The van der Waals surface area contributed by atoms with Crippen LogP contribution in [0.15, 0.2) is 65.3 Å². The number of fused-ring (bicyclic) bond motifs is 1. The number of thiophene rings is 1. The standard InChI is InChI=1S/C26H30N6O2S2/c1-36(34,30-13-8-20-3-2-16-35-20)21-6-4-19(5-7-21)25(33)32-15-14-31(17-26(32)10-11-26)24-22-9-12-27-23(22)28-18-29-24/h2-7,9,12,16,18,30,34H,8,10-11,13-15,17H2,1H3,(H,27,28,29). The van der Waals surface area contributed by atoms with Gasteiger partial charge in [-0.3, -0.25) is 9.52 Å². The molecule has 4 heterocycles. The topological polar surface area (TPSA) is 97.4 Å². The van der Waals surface area contributed by atoms with Crippen molar-refractivity contribution in [1.82, 2.24) is 24.6 Å².